The molecule has 1 aromatic carbocycles. The van der Waals surface area contributed by atoms with Gasteiger partial charge in [0, 0.05) is 29.9 Å². The number of carbonyl (C=O) groups excluding carboxylic acids is 1. The Labute approximate surface area is 109 Å². The third-order valence-corrected chi connectivity index (χ3v) is 2.88. The third kappa shape index (κ3) is 2.44. The summed E-state index contributed by atoms with van der Waals surface area (Å²) < 4.78 is 0. The molecule has 2 aromatic heterocycles. The smallest absolute Gasteiger partial charge is 0.251 e. The van der Waals surface area contributed by atoms with Gasteiger partial charge in [-0.2, -0.15) is 5.10 Å². The lowest BCUT2D eigenvalue weighted by Gasteiger charge is -2.05. The van der Waals surface area contributed by atoms with Crippen molar-refractivity contribution < 1.29 is 4.79 Å². The van der Waals surface area contributed by atoms with Gasteiger partial charge in [0.25, 0.3) is 5.91 Å². The van der Waals surface area contributed by atoms with Crippen LogP contribution in [0.1, 0.15) is 15.9 Å². The second-order valence-corrected chi connectivity index (χ2v) is 4.22. The first kappa shape index (κ1) is 11.4. The van der Waals surface area contributed by atoms with E-state index in [9.17, 15) is 4.79 Å². The molecule has 2 N–H and O–H groups in total. The quantitative estimate of drug-likeness (QED) is 0.747. The molecule has 5 heteroatoms. The Bertz CT molecular complexity index is 706. The lowest BCUT2D eigenvalue weighted by Crippen LogP contribution is -2.22. The fourth-order valence-electron chi connectivity index (χ4n) is 1.87. The molecule has 19 heavy (non-hydrogen) atoms. The van der Waals surface area contributed by atoms with Gasteiger partial charge in [-0.05, 0) is 23.8 Å². The molecule has 0 spiro atoms. The molecule has 0 radical (unpaired) electrons. The van der Waals surface area contributed by atoms with Crippen LogP contribution in [0.25, 0.3) is 10.9 Å². The first-order valence-electron chi connectivity index (χ1n) is 5.93. The van der Waals surface area contributed by atoms with Crippen LogP contribution in [0.4, 0.5) is 0 Å². The number of hydrogen-bond donors (Lipinski definition) is 2. The number of hydrogen-bond acceptors (Lipinski definition) is 3. The Hall–Kier alpha value is -2.69. The van der Waals surface area contributed by atoms with Crippen molar-refractivity contribution in [3.63, 3.8) is 0 Å². The highest BCUT2D eigenvalue weighted by Crippen LogP contribution is 2.12. The Kier molecular flexibility index (Phi) is 2.94. The van der Waals surface area contributed by atoms with Gasteiger partial charge in [-0.1, -0.05) is 12.1 Å². The monoisotopic (exact) mass is 252 g/mol. The van der Waals surface area contributed by atoms with Crippen LogP contribution in [-0.4, -0.2) is 21.1 Å². The topological polar surface area (TPSA) is 70.7 Å². The highest BCUT2D eigenvalue weighted by Gasteiger charge is 2.06. The van der Waals surface area contributed by atoms with Crippen LogP contribution in [0.15, 0.2) is 48.9 Å². The van der Waals surface area contributed by atoms with E-state index in [0.29, 0.717) is 12.1 Å². The lowest BCUT2D eigenvalue weighted by molar-refractivity contribution is 0.0951. The molecule has 0 aliphatic heterocycles. The fraction of sp³-hybridized carbons (Fsp3) is 0.0714. The SMILES string of the molecule is O=C(NCc1cccnc1)c1ccc2cn[nH]c2c1. The van der Waals surface area contributed by atoms with Crippen molar-refractivity contribution in [2.75, 3.05) is 0 Å². The largest absolute Gasteiger partial charge is 0.348 e. The van der Waals surface area contributed by atoms with Crippen molar-refractivity contribution in [3.8, 4) is 0 Å². The van der Waals surface area contributed by atoms with Crippen LogP contribution in [0, 0.1) is 0 Å². The van der Waals surface area contributed by atoms with Crippen molar-refractivity contribution in [3.05, 3.63) is 60.0 Å². The number of carbonyl (C=O) groups is 1. The molecule has 0 aliphatic carbocycles. The normalized spacial score (nSPS) is 10.5. The number of rotatable bonds is 3. The summed E-state index contributed by atoms with van der Waals surface area (Å²) in [6.45, 7) is 0.466. The summed E-state index contributed by atoms with van der Waals surface area (Å²) in [5.41, 5.74) is 2.44. The first-order valence-corrected chi connectivity index (χ1v) is 5.93. The van der Waals surface area contributed by atoms with Gasteiger partial charge in [-0.3, -0.25) is 14.9 Å². The lowest BCUT2D eigenvalue weighted by atomic mass is 10.1. The van der Waals surface area contributed by atoms with E-state index in [1.54, 1.807) is 30.7 Å². The van der Waals surface area contributed by atoms with Gasteiger partial charge in [-0.25, -0.2) is 0 Å². The Morgan fingerprint density at radius 3 is 3.05 bits per heavy atom. The van der Waals surface area contributed by atoms with E-state index in [0.717, 1.165) is 16.5 Å². The summed E-state index contributed by atoms with van der Waals surface area (Å²) >= 11 is 0. The minimum atomic E-state index is -0.111. The van der Waals surface area contributed by atoms with E-state index in [-0.39, 0.29) is 5.91 Å². The predicted octanol–water partition coefficient (Wildman–Crippen LogP) is 1.89. The average molecular weight is 252 g/mol. The average Bonchev–Trinajstić information content (AvgIpc) is 2.93. The Morgan fingerprint density at radius 2 is 2.21 bits per heavy atom. The van der Waals surface area contributed by atoms with Crippen molar-refractivity contribution in [1.82, 2.24) is 20.5 Å². The summed E-state index contributed by atoms with van der Waals surface area (Å²) in [5.74, 6) is -0.111. The number of fused-ring (bicyclic) bond motifs is 1. The summed E-state index contributed by atoms with van der Waals surface area (Å²) in [6.07, 6.45) is 5.17. The molecule has 0 saturated heterocycles. The van der Waals surface area contributed by atoms with Gasteiger partial charge in [0.2, 0.25) is 0 Å². The van der Waals surface area contributed by atoms with Crippen LogP contribution >= 0.6 is 0 Å². The van der Waals surface area contributed by atoms with E-state index in [2.05, 4.69) is 20.5 Å². The minimum absolute atomic E-state index is 0.111. The maximum Gasteiger partial charge on any atom is 0.251 e. The second kappa shape index (κ2) is 4.89. The zero-order valence-corrected chi connectivity index (χ0v) is 10.1. The summed E-state index contributed by atoms with van der Waals surface area (Å²) in [7, 11) is 0. The minimum Gasteiger partial charge on any atom is -0.348 e. The Balaban J connectivity index is 1.73. The van der Waals surface area contributed by atoms with E-state index in [1.165, 1.54) is 0 Å². The standard InChI is InChI=1S/C14H12N4O/c19-14(16-8-10-2-1-5-15-7-10)11-3-4-12-9-17-18-13(12)6-11/h1-7,9H,8H2,(H,16,19)(H,17,18). The number of pyridine rings is 1. The zero-order chi connectivity index (χ0) is 13.1. The zero-order valence-electron chi connectivity index (χ0n) is 10.1. The number of aromatic amines is 1. The molecule has 94 valence electrons. The van der Waals surface area contributed by atoms with Gasteiger partial charge < -0.3 is 5.32 Å². The van der Waals surface area contributed by atoms with Crippen molar-refractivity contribution in [2.45, 2.75) is 6.54 Å². The fourth-order valence-corrected chi connectivity index (χ4v) is 1.87. The molecule has 0 bridgehead atoms. The van der Waals surface area contributed by atoms with E-state index in [4.69, 9.17) is 0 Å². The molecule has 5 nitrogen and oxygen atoms in total. The van der Waals surface area contributed by atoms with Gasteiger partial charge in [0.1, 0.15) is 0 Å². The number of amides is 1. The molecule has 2 heterocycles. The number of nitrogens with one attached hydrogen (secondary N) is 2. The molecule has 3 aromatic rings. The molecule has 0 aliphatic rings. The summed E-state index contributed by atoms with van der Waals surface area (Å²) in [5, 5.41) is 10.6. The van der Waals surface area contributed by atoms with Crippen LogP contribution < -0.4 is 5.32 Å². The van der Waals surface area contributed by atoms with Crippen LogP contribution in [-0.2, 0) is 6.54 Å². The number of H-pyrrole nitrogens is 1. The predicted molar refractivity (Wildman–Crippen MR) is 71.5 cm³/mol. The van der Waals surface area contributed by atoms with Crippen molar-refractivity contribution >= 4 is 16.8 Å². The second-order valence-electron chi connectivity index (χ2n) is 4.22. The number of benzene rings is 1. The van der Waals surface area contributed by atoms with Crippen molar-refractivity contribution in [1.29, 1.82) is 0 Å². The van der Waals surface area contributed by atoms with Gasteiger partial charge >= 0.3 is 0 Å². The highest BCUT2D eigenvalue weighted by molar-refractivity contribution is 5.97. The van der Waals surface area contributed by atoms with Gasteiger partial charge in [-0.15, -0.1) is 0 Å². The summed E-state index contributed by atoms with van der Waals surface area (Å²) in [4.78, 5) is 16.0. The molecule has 1 amide bonds. The molecular formula is C14H12N4O. The number of aromatic nitrogens is 3. The van der Waals surface area contributed by atoms with Crippen LogP contribution in [0.5, 0.6) is 0 Å². The first-order chi connectivity index (χ1) is 9.33. The molecular weight excluding hydrogens is 240 g/mol. The van der Waals surface area contributed by atoms with Crippen LogP contribution in [0.3, 0.4) is 0 Å². The van der Waals surface area contributed by atoms with Crippen molar-refractivity contribution in [2.24, 2.45) is 0 Å². The maximum absolute atomic E-state index is 12.0. The maximum atomic E-state index is 12.0. The highest BCUT2D eigenvalue weighted by atomic mass is 16.1. The van der Waals surface area contributed by atoms with Crippen LogP contribution in [0.2, 0.25) is 0 Å². The molecule has 0 unspecified atom stereocenters. The number of nitrogens with zero attached hydrogens (tertiary/aromatic N) is 2. The molecule has 0 atom stereocenters. The summed E-state index contributed by atoms with van der Waals surface area (Å²) in [6, 6.07) is 9.22. The molecule has 0 fully saturated rings. The molecule has 0 saturated carbocycles. The van der Waals surface area contributed by atoms with E-state index in [1.807, 2.05) is 18.2 Å². The molecule has 3 rings (SSSR count). The van der Waals surface area contributed by atoms with Gasteiger partial charge in [0.15, 0.2) is 0 Å². The third-order valence-electron chi connectivity index (χ3n) is 2.88. The Morgan fingerprint density at radius 1 is 1.26 bits per heavy atom. The van der Waals surface area contributed by atoms with E-state index < -0.39 is 0 Å². The van der Waals surface area contributed by atoms with E-state index >= 15 is 0 Å². The van der Waals surface area contributed by atoms with Gasteiger partial charge in [0.05, 0.1) is 11.7 Å².